The highest BCUT2D eigenvalue weighted by molar-refractivity contribution is 5.94. The minimum atomic E-state index is -0.242. The van der Waals surface area contributed by atoms with Crippen molar-refractivity contribution < 1.29 is 4.79 Å². The Hall–Kier alpha value is -1.58. The highest BCUT2D eigenvalue weighted by Gasteiger charge is 2.27. The van der Waals surface area contributed by atoms with Gasteiger partial charge in [-0.1, -0.05) is 27.7 Å². The predicted octanol–water partition coefficient (Wildman–Crippen LogP) is 3.85. The zero-order valence-corrected chi connectivity index (χ0v) is 14.2. The third-order valence-electron chi connectivity index (χ3n) is 3.01. The molecule has 1 aromatic heterocycles. The van der Waals surface area contributed by atoms with E-state index in [4.69, 9.17) is 0 Å². The molecule has 0 aromatic carbocycles. The molecule has 2 N–H and O–H groups in total. The van der Waals surface area contributed by atoms with E-state index in [0.717, 1.165) is 25.2 Å². The Morgan fingerprint density at radius 3 is 2.33 bits per heavy atom. The number of carbonyl (C=O) groups is 1. The van der Waals surface area contributed by atoms with Gasteiger partial charge in [0, 0.05) is 18.3 Å². The number of aromatic nitrogens is 1. The first kappa shape index (κ1) is 17.5. The molecule has 4 nitrogen and oxygen atoms in total. The van der Waals surface area contributed by atoms with Gasteiger partial charge in [-0.25, -0.2) is 4.98 Å². The first-order chi connectivity index (χ1) is 9.63. The van der Waals surface area contributed by atoms with Crippen LogP contribution in [0.3, 0.4) is 0 Å². The molecule has 1 heterocycles. The van der Waals surface area contributed by atoms with Crippen LogP contribution in [0.1, 0.15) is 64.7 Å². The van der Waals surface area contributed by atoms with E-state index in [-0.39, 0.29) is 16.9 Å². The average Bonchev–Trinajstić information content (AvgIpc) is 2.33. The predicted molar refractivity (Wildman–Crippen MR) is 88.6 cm³/mol. The fourth-order valence-electron chi connectivity index (χ4n) is 2.64. The van der Waals surface area contributed by atoms with Gasteiger partial charge >= 0.3 is 0 Å². The van der Waals surface area contributed by atoms with E-state index in [9.17, 15) is 4.79 Å². The number of rotatable bonds is 6. The number of carbonyl (C=O) groups excluding carboxylic acids is 1. The zero-order chi connectivity index (χ0) is 16.1. The van der Waals surface area contributed by atoms with Crippen LogP contribution in [0.25, 0.3) is 0 Å². The normalized spacial score (nSPS) is 12.1. The largest absolute Gasteiger partial charge is 0.370 e. The molecule has 0 bridgehead atoms. The topological polar surface area (TPSA) is 54.0 Å². The van der Waals surface area contributed by atoms with E-state index in [1.165, 1.54) is 0 Å². The SMILES string of the molecule is CCCNc1ccc(C(=O)NC(C)(C)CC(C)(C)C)cn1. The number of anilines is 1. The van der Waals surface area contributed by atoms with Crippen LogP contribution in [0.4, 0.5) is 5.82 Å². The van der Waals surface area contributed by atoms with Crippen molar-refractivity contribution in [1.82, 2.24) is 10.3 Å². The van der Waals surface area contributed by atoms with Gasteiger partial charge < -0.3 is 10.6 Å². The van der Waals surface area contributed by atoms with Gasteiger partial charge in [-0.3, -0.25) is 4.79 Å². The molecule has 0 saturated carbocycles. The summed E-state index contributed by atoms with van der Waals surface area (Å²) >= 11 is 0. The lowest BCUT2D eigenvalue weighted by molar-refractivity contribution is 0.0891. The van der Waals surface area contributed by atoms with Crippen molar-refractivity contribution in [2.75, 3.05) is 11.9 Å². The second-order valence-electron chi connectivity index (χ2n) is 7.43. The van der Waals surface area contributed by atoms with Crippen molar-refractivity contribution in [3.63, 3.8) is 0 Å². The second kappa shape index (κ2) is 6.92. The number of nitrogens with zero attached hydrogens (tertiary/aromatic N) is 1. The summed E-state index contributed by atoms with van der Waals surface area (Å²) in [6, 6.07) is 3.66. The molecule has 4 heteroatoms. The van der Waals surface area contributed by atoms with Gasteiger partial charge in [0.25, 0.3) is 5.91 Å². The standard InChI is InChI=1S/C17H29N3O/c1-7-10-18-14-9-8-13(11-19-14)15(21)20-17(5,6)12-16(2,3)4/h8-9,11H,7,10,12H2,1-6H3,(H,18,19)(H,20,21). The first-order valence-electron chi connectivity index (χ1n) is 7.65. The lowest BCUT2D eigenvalue weighted by atomic mass is 9.81. The molecular weight excluding hydrogens is 262 g/mol. The van der Waals surface area contributed by atoms with Crippen molar-refractivity contribution in [3.05, 3.63) is 23.9 Å². The summed E-state index contributed by atoms with van der Waals surface area (Å²) in [5.41, 5.74) is 0.524. The Balaban J connectivity index is 2.67. The fraction of sp³-hybridized carbons (Fsp3) is 0.647. The van der Waals surface area contributed by atoms with Crippen molar-refractivity contribution in [2.45, 2.75) is 59.9 Å². The maximum absolute atomic E-state index is 12.3. The fourth-order valence-corrected chi connectivity index (χ4v) is 2.64. The van der Waals surface area contributed by atoms with Crippen LogP contribution < -0.4 is 10.6 Å². The molecule has 118 valence electrons. The van der Waals surface area contributed by atoms with E-state index in [2.05, 4.69) is 57.2 Å². The van der Waals surface area contributed by atoms with Gasteiger partial charge in [-0.15, -0.1) is 0 Å². The molecular formula is C17H29N3O. The Kier molecular flexibility index (Phi) is 5.76. The molecule has 0 unspecified atom stereocenters. The minimum absolute atomic E-state index is 0.0706. The lowest BCUT2D eigenvalue weighted by Gasteiger charge is -2.33. The number of pyridine rings is 1. The summed E-state index contributed by atoms with van der Waals surface area (Å²) in [6.07, 6.45) is 3.58. The Morgan fingerprint density at radius 1 is 1.19 bits per heavy atom. The van der Waals surface area contributed by atoms with E-state index in [0.29, 0.717) is 5.56 Å². The van der Waals surface area contributed by atoms with Gasteiger partial charge in [0.1, 0.15) is 5.82 Å². The van der Waals surface area contributed by atoms with Crippen molar-refractivity contribution in [2.24, 2.45) is 5.41 Å². The molecule has 1 amide bonds. The van der Waals surface area contributed by atoms with Crippen molar-refractivity contribution in [1.29, 1.82) is 0 Å². The van der Waals surface area contributed by atoms with Crippen LogP contribution in [0.15, 0.2) is 18.3 Å². The molecule has 0 aliphatic rings. The van der Waals surface area contributed by atoms with E-state index in [1.54, 1.807) is 6.20 Å². The summed E-state index contributed by atoms with van der Waals surface area (Å²) in [5, 5.41) is 6.29. The van der Waals surface area contributed by atoms with Gasteiger partial charge in [0.15, 0.2) is 0 Å². The van der Waals surface area contributed by atoms with Crippen LogP contribution in [-0.4, -0.2) is 23.0 Å². The summed E-state index contributed by atoms with van der Waals surface area (Å²) in [7, 11) is 0. The molecule has 0 saturated heterocycles. The minimum Gasteiger partial charge on any atom is -0.370 e. The number of nitrogens with one attached hydrogen (secondary N) is 2. The van der Waals surface area contributed by atoms with Crippen LogP contribution in [0, 0.1) is 5.41 Å². The first-order valence-corrected chi connectivity index (χ1v) is 7.65. The lowest BCUT2D eigenvalue weighted by Crippen LogP contribution is -2.45. The van der Waals surface area contributed by atoms with Gasteiger partial charge in [-0.05, 0) is 44.2 Å². The van der Waals surface area contributed by atoms with E-state index < -0.39 is 0 Å². The van der Waals surface area contributed by atoms with Crippen LogP contribution in [0.2, 0.25) is 0 Å². The molecule has 0 fully saturated rings. The van der Waals surface area contributed by atoms with Crippen LogP contribution in [-0.2, 0) is 0 Å². The van der Waals surface area contributed by atoms with E-state index >= 15 is 0 Å². The molecule has 1 rings (SSSR count). The zero-order valence-electron chi connectivity index (χ0n) is 14.2. The molecule has 21 heavy (non-hydrogen) atoms. The summed E-state index contributed by atoms with van der Waals surface area (Å²) in [5.74, 6) is 0.737. The maximum Gasteiger partial charge on any atom is 0.253 e. The molecule has 0 spiro atoms. The summed E-state index contributed by atoms with van der Waals surface area (Å²) in [4.78, 5) is 16.6. The van der Waals surface area contributed by atoms with Gasteiger partial charge in [0.2, 0.25) is 0 Å². The second-order valence-corrected chi connectivity index (χ2v) is 7.43. The summed E-state index contributed by atoms with van der Waals surface area (Å²) in [6.45, 7) is 13.6. The monoisotopic (exact) mass is 291 g/mol. The van der Waals surface area contributed by atoms with E-state index in [1.807, 2.05) is 12.1 Å². The van der Waals surface area contributed by atoms with Crippen LogP contribution in [0.5, 0.6) is 0 Å². The van der Waals surface area contributed by atoms with Gasteiger partial charge in [0.05, 0.1) is 5.56 Å². The number of hydrogen-bond donors (Lipinski definition) is 2. The van der Waals surface area contributed by atoms with Crippen molar-refractivity contribution >= 4 is 11.7 Å². The average molecular weight is 291 g/mol. The Bertz CT molecular complexity index is 458. The third kappa shape index (κ3) is 6.61. The van der Waals surface area contributed by atoms with Crippen LogP contribution >= 0.6 is 0 Å². The Labute approximate surface area is 128 Å². The summed E-state index contributed by atoms with van der Waals surface area (Å²) < 4.78 is 0. The molecule has 0 atom stereocenters. The highest BCUT2D eigenvalue weighted by Crippen LogP contribution is 2.27. The number of hydrogen-bond acceptors (Lipinski definition) is 3. The van der Waals surface area contributed by atoms with Crippen molar-refractivity contribution in [3.8, 4) is 0 Å². The molecule has 1 aromatic rings. The maximum atomic E-state index is 12.3. The molecule has 0 aliphatic carbocycles. The smallest absolute Gasteiger partial charge is 0.253 e. The molecule has 0 aliphatic heterocycles. The quantitative estimate of drug-likeness (QED) is 0.837. The third-order valence-corrected chi connectivity index (χ3v) is 3.01. The Morgan fingerprint density at radius 2 is 1.86 bits per heavy atom. The highest BCUT2D eigenvalue weighted by atomic mass is 16.1. The number of amides is 1. The van der Waals surface area contributed by atoms with Gasteiger partial charge in [-0.2, -0.15) is 0 Å². The molecule has 0 radical (unpaired) electrons.